The lowest BCUT2D eigenvalue weighted by Gasteiger charge is -2.32. The molecule has 24 heteroatoms. The zero-order valence-electron chi connectivity index (χ0n) is 50.0. The van der Waals surface area contributed by atoms with Crippen LogP contribution in [0, 0.1) is 28.6 Å². The van der Waals surface area contributed by atoms with Crippen molar-refractivity contribution in [2.45, 2.75) is 215 Å². The van der Waals surface area contributed by atoms with Crippen LogP contribution in [-0.2, 0) is 76.3 Å². The SMILES string of the molecule is CC(S)CC(=O)OCCCCCOC(=O)CC(C)S.CCC(COC(=O)C(S)C(C)C)(COC(=O)C(S)C(C)C)COC(=O)C(S)C(C)C.CCC(COC(=O)CC(C)(C)S)(COC(=O)CC(C)(C)S)COC(=O)CC(C)(C)S. The molecule has 0 saturated carbocycles. The predicted molar refractivity (Wildman–Crippen MR) is 339 cm³/mol. The molecule has 0 rings (SSSR count). The second-order valence-corrected chi connectivity index (χ2v) is 30.2. The summed E-state index contributed by atoms with van der Waals surface area (Å²) in [5.41, 5.74) is -1.72. The minimum Gasteiger partial charge on any atom is -0.466 e. The number of carbonyl (C=O) groups excluding carboxylic acids is 8. The molecule has 16 nitrogen and oxygen atoms in total. The number of unbranched alkanes of at least 4 members (excludes halogenated alkanes) is 2. The summed E-state index contributed by atoms with van der Waals surface area (Å²) in [6, 6.07) is 0. The van der Waals surface area contributed by atoms with Crippen molar-refractivity contribution in [2.75, 3.05) is 52.9 Å². The maximum Gasteiger partial charge on any atom is 0.319 e. The van der Waals surface area contributed by atoms with Gasteiger partial charge in [-0.25, -0.2) is 0 Å². The third-order valence-corrected chi connectivity index (χ3v) is 14.5. The van der Waals surface area contributed by atoms with Gasteiger partial charge < -0.3 is 37.9 Å². The minimum atomic E-state index is -0.875. The molecule has 0 aromatic rings. The van der Waals surface area contributed by atoms with E-state index in [1.54, 1.807) is 0 Å². The van der Waals surface area contributed by atoms with E-state index >= 15 is 0 Å². The Morgan fingerprint density at radius 2 is 0.582 bits per heavy atom. The molecule has 5 unspecified atom stereocenters. The second-order valence-electron chi connectivity index (χ2n) is 23.2. The first kappa shape index (κ1) is 81.8. The standard InChI is InChI=1S/2C21H38O6S3.C13H24O4S2/c1-8-21(12-25-15(22)9-18(2,3)28,13-26-16(23)10-19(4,5)29)14-27-17(24)11-20(6,7)30;1-8-21(9-25-18(22)15(28)12(2)3,10-26-19(23)16(29)13(4)5)11-27-20(24)17(30)14(6)7;1-10(18)8-12(14)16-6-4-3-5-7-17-13(15)9-11(2)19/h28-30H,8-14H2,1-7H3;12-17,28-30H,8-11H2,1-7H3;10-11,18-19H,3-9H2,1-2H3. The molecule has 0 spiro atoms. The fraction of sp³-hybridized carbons (Fsp3) is 0.855. The van der Waals surface area contributed by atoms with Crippen molar-refractivity contribution in [1.82, 2.24) is 0 Å². The van der Waals surface area contributed by atoms with Gasteiger partial charge in [0.2, 0.25) is 0 Å². The minimum absolute atomic E-state index is 0.000481. The lowest BCUT2D eigenvalue weighted by Crippen LogP contribution is -2.42. The van der Waals surface area contributed by atoms with Crippen molar-refractivity contribution in [2.24, 2.45) is 28.6 Å². The van der Waals surface area contributed by atoms with Crippen LogP contribution in [0.2, 0.25) is 0 Å². The summed E-state index contributed by atoms with van der Waals surface area (Å²) >= 11 is 34.1. The number of ether oxygens (including phenoxy) is 8. The number of rotatable bonds is 36. The van der Waals surface area contributed by atoms with Crippen LogP contribution in [0.4, 0.5) is 0 Å². The van der Waals surface area contributed by atoms with E-state index in [1.807, 2.05) is 111 Å². The quantitative estimate of drug-likeness (QED) is 0.0127. The molecule has 464 valence electrons. The van der Waals surface area contributed by atoms with Crippen molar-refractivity contribution in [3.8, 4) is 0 Å². The van der Waals surface area contributed by atoms with Gasteiger partial charge in [-0.1, -0.05) is 111 Å². The Morgan fingerprint density at radius 1 is 0.354 bits per heavy atom. The van der Waals surface area contributed by atoms with Gasteiger partial charge in [-0.2, -0.15) is 101 Å². The molecular weight excluding hydrogens is 1170 g/mol. The van der Waals surface area contributed by atoms with E-state index in [9.17, 15) is 38.4 Å². The summed E-state index contributed by atoms with van der Waals surface area (Å²) in [5, 5.41) is -1.66. The molecule has 0 radical (unpaired) electrons. The molecule has 0 aliphatic rings. The summed E-state index contributed by atoms with van der Waals surface area (Å²) < 4.78 is 41.2. The van der Waals surface area contributed by atoms with Gasteiger partial charge in [0.25, 0.3) is 0 Å². The first-order valence-corrected chi connectivity index (χ1v) is 30.8. The van der Waals surface area contributed by atoms with Gasteiger partial charge in [0, 0.05) is 24.7 Å². The van der Waals surface area contributed by atoms with Crippen molar-refractivity contribution < 1.29 is 76.3 Å². The smallest absolute Gasteiger partial charge is 0.319 e. The van der Waals surface area contributed by atoms with Crippen LogP contribution in [0.5, 0.6) is 0 Å². The van der Waals surface area contributed by atoms with Crippen molar-refractivity contribution in [3.63, 3.8) is 0 Å². The average Bonchev–Trinajstić information content (AvgIpc) is 3.30. The molecule has 0 heterocycles. The van der Waals surface area contributed by atoms with Gasteiger partial charge in [-0.15, -0.1) is 0 Å². The molecule has 0 aromatic carbocycles. The summed E-state index contributed by atoms with van der Waals surface area (Å²) in [6.45, 7) is 30.0. The molecule has 0 fully saturated rings. The summed E-state index contributed by atoms with van der Waals surface area (Å²) in [7, 11) is 0. The van der Waals surface area contributed by atoms with Gasteiger partial charge in [0.1, 0.15) is 55.4 Å². The topological polar surface area (TPSA) is 210 Å². The van der Waals surface area contributed by atoms with Gasteiger partial charge in [0.05, 0.1) is 56.1 Å². The molecule has 0 amide bonds. The number of esters is 8. The van der Waals surface area contributed by atoms with E-state index in [0.717, 1.165) is 19.3 Å². The summed E-state index contributed by atoms with van der Waals surface area (Å²) in [4.78, 5) is 95.7. The Morgan fingerprint density at radius 3 is 0.772 bits per heavy atom. The van der Waals surface area contributed by atoms with E-state index in [4.69, 9.17) is 37.9 Å². The molecule has 5 atom stereocenters. The highest BCUT2D eigenvalue weighted by Crippen LogP contribution is 2.30. The van der Waals surface area contributed by atoms with Crippen LogP contribution >= 0.6 is 101 Å². The summed E-state index contributed by atoms with van der Waals surface area (Å²) in [5.74, 6) is -3.07. The highest BCUT2D eigenvalue weighted by atomic mass is 32.1. The molecule has 0 N–H and O–H groups in total. The van der Waals surface area contributed by atoms with Gasteiger partial charge in [-0.3, -0.25) is 38.4 Å². The third-order valence-electron chi connectivity index (χ3n) is 11.3. The number of hydrogen-bond acceptors (Lipinski definition) is 24. The van der Waals surface area contributed by atoms with Crippen LogP contribution in [0.25, 0.3) is 0 Å². The van der Waals surface area contributed by atoms with Gasteiger partial charge >= 0.3 is 47.8 Å². The van der Waals surface area contributed by atoms with E-state index in [0.29, 0.717) is 38.9 Å². The number of carbonyl (C=O) groups is 8. The first-order valence-electron chi connectivity index (χ1n) is 26.9. The maximum atomic E-state index is 12.3. The Kier molecular flexibility index (Phi) is 43.0. The zero-order valence-corrected chi connectivity index (χ0v) is 57.1. The molecule has 0 saturated heterocycles. The number of hydrogen-bond donors (Lipinski definition) is 8. The van der Waals surface area contributed by atoms with Crippen molar-refractivity contribution >= 4 is 149 Å². The lowest BCUT2D eigenvalue weighted by atomic mass is 9.87. The van der Waals surface area contributed by atoms with Crippen LogP contribution in [0.1, 0.15) is 175 Å². The molecule has 0 bridgehead atoms. The molecule has 0 aliphatic carbocycles. The molecule has 0 aromatic heterocycles. The van der Waals surface area contributed by atoms with Crippen LogP contribution in [-0.4, -0.2) is 141 Å². The molecule has 79 heavy (non-hydrogen) atoms. The number of thiol groups is 8. The lowest BCUT2D eigenvalue weighted by molar-refractivity contribution is -0.165. The van der Waals surface area contributed by atoms with E-state index in [-0.39, 0.29) is 99.1 Å². The van der Waals surface area contributed by atoms with Crippen LogP contribution in [0.15, 0.2) is 0 Å². The Bertz CT molecular complexity index is 1630. The maximum absolute atomic E-state index is 12.3. The fourth-order valence-corrected chi connectivity index (χ4v) is 6.78. The fourth-order valence-electron chi connectivity index (χ4n) is 5.87. The van der Waals surface area contributed by atoms with E-state index in [1.165, 1.54) is 0 Å². The van der Waals surface area contributed by atoms with Gasteiger partial charge in [-0.05, 0) is 49.9 Å². The third kappa shape index (κ3) is 44.7. The highest BCUT2D eigenvalue weighted by Gasteiger charge is 2.38. The first-order chi connectivity index (χ1) is 36.1. The second kappa shape index (κ2) is 41.6. The Hall–Kier alpha value is -1.44. The predicted octanol–water partition coefficient (Wildman–Crippen LogP) is 10.8. The van der Waals surface area contributed by atoms with Gasteiger partial charge in [0.15, 0.2) is 0 Å². The van der Waals surface area contributed by atoms with Crippen molar-refractivity contribution in [3.05, 3.63) is 0 Å². The normalized spacial score (nSPS) is 14.6. The van der Waals surface area contributed by atoms with Crippen molar-refractivity contribution in [1.29, 1.82) is 0 Å². The average molecular weight is 1270 g/mol. The molecule has 0 aliphatic heterocycles. The highest BCUT2D eigenvalue weighted by molar-refractivity contribution is 7.82. The molecular formula is C55H100O16S8. The van der Waals surface area contributed by atoms with E-state index < -0.39 is 76.6 Å². The van der Waals surface area contributed by atoms with Crippen LogP contribution in [0.3, 0.4) is 0 Å². The summed E-state index contributed by atoms with van der Waals surface area (Å²) in [6.07, 6.45) is 4.40. The van der Waals surface area contributed by atoms with E-state index in [2.05, 4.69) is 101 Å². The monoisotopic (exact) mass is 1270 g/mol. The largest absolute Gasteiger partial charge is 0.466 e. The zero-order chi connectivity index (χ0) is 62.1. The Labute approximate surface area is 518 Å². The Balaban J connectivity index is -0.00000113. The van der Waals surface area contributed by atoms with Crippen LogP contribution < -0.4 is 0 Å².